The molecule has 0 aliphatic heterocycles. The molecule has 0 saturated carbocycles. The van der Waals surface area contributed by atoms with Gasteiger partial charge in [-0.1, -0.05) is 64.7 Å². The Balaban J connectivity index is -0.000000205. The van der Waals surface area contributed by atoms with E-state index >= 15 is 0 Å². The van der Waals surface area contributed by atoms with E-state index in [1.165, 1.54) is 57.8 Å². The fourth-order valence-corrected chi connectivity index (χ4v) is 1.86. The maximum atomic E-state index is 8.50. The second-order valence-electron chi connectivity index (χ2n) is 5.41. The zero-order valence-corrected chi connectivity index (χ0v) is 15.7. The second kappa shape index (κ2) is 39.7. The quantitative estimate of drug-likeness (QED) is 0.216. The Kier molecular flexibility index (Phi) is 53.0. The van der Waals surface area contributed by atoms with Crippen molar-refractivity contribution < 1.29 is 30.3 Å². The molecular weight excluding hydrogens is 335 g/mol. The van der Waals surface area contributed by atoms with Crippen LogP contribution >= 0.6 is 0 Å². The molecule has 6 nitrogen and oxygen atoms in total. The van der Waals surface area contributed by atoms with Crippen molar-refractivity contribution >= 4 is 29.6 Å². The normalized spacial score (nSPS) is 9.36. The molecule has 152 valence electrons. The van der Waals surface area contributed by atoms with Crippen molar-refractivity contribution in [3.8, 4) is 0 Å². The van der Waals surface area contributed by atoms with Crippen molar-refractivity contribution in [1.29, 1.82) is 0 Å². The van der Waals surface area contributed by atoms with Gasteiger partial charge in [0.15, 0.2) is 0 Å². The summed E-state index contributed by atoms with van der Waals surface area (Å²) < 4.78 is 5.20. The molecule has 0 aromatic heterocycles. The first-order valence-corrected chi connectivity index (χ1v) is 9.37. The molecule has 0 aliphatic rings. The Morgan fingerprint density at radius 3 is 1.16 bits per heavy atom. The Bertz CT molecular complexity index is 154. The van der Waals surface area contributed by atoms with Crippen LogP contribution in [0.25, 0.3) is 0 Å². The van der Waals surface area contributed by atoms with Crippen LogP contribution in [0, 0.1) is 0 Å². The van der Waals surface area contributed by atoms with Gasteiger partial charge in [0.25, 0.3) is 0 Å². The first kappa shape index (κ1) is 33.4. The Hall–Kier alpha value is 0.760. The van der Waals surface area contributed by atoms with Crippen LogP contribution in [0.15, 0.2) is 0 Å². The van der Waals surface area contributed by atoms with Gasteiger partial charge in [0.05, 0.1) is 39.6 Å². The number of rotatable bonds is 15. The van der Waals surface area contributed by atoms with Crippen molar-refractivity contribution in [2.45, 2.75) is 71.1 Å². The molecule has 0 radical (unpaired) electrons. The molecule has 0 spiro atoms. The van der Waals surface area contributed by atoms with Gasteiger partial charge >= 0.3 is 29.6 Å². The van der Waals surface area contributed by atoms with Crippen molar-refractivity contribution in [3.63, 3.8) is 0 Å². The van der Waals surface area contributed by atoms with Crippen molar-refractivity contribution in [2.75, 3.05) is 46.2 Å². The Labute approximate surface area is 176 Å². The second-order valence-corrected chi connectivity index (χ2v) is 5.41. The van der Waals surface area contributed by atoms with Crippen LogP contribution < -0.4 is 0 Å². The van der Waals surface area contributed by atoms with Gasteiger partial charge in [-0.2, -0.15) is 0 Å². The summed E-state index contributed by atoms with van der Waals surface area (Å²) in [5, 5.41) is 39.0. The number of aliphatic hydroxyl groups is 5. The van der Waals surface area contributed by atoms with Crippen LogP contribution in [0.1, 0.15) is 71.1 Å². The van der Waals surface area contributed by atoms with Crippen molar-refractivity contribution in [2.24, 2.45) is 0 Å². The van der Waals surface area contributed by atoms with E-state index in [9.17, 15) is 0 Å². The van der Waals surface area contributed by atoms with E-state index in [1.54, 1.807) is 0 Å². The van der Waals surface area contributed by atoms with Crippen LogP contribution in [0.3, 0.4) is 0 Å². The number of hydrogen-bond donors (Lipinski definition) is 5. The third-order valence-corrected chi connectivity index (χ3v) is 3.08. The summed E-state index contributed by atoms with van der Waals surface area (Å²) in [5.41, 5.74) is 0. The molecule has 0 aliphatic carbocycles. The summed E-state index contributed by atoms with van der Waals surface area (Å²) in [6.07, 6.45) is 13.6. The Morgan fingerprint density at radius 1 is 0.480 bits per heavy atom. The SMILES string of the molecule is CCCCCCCCCCCCOCCO.OCCO.OCCO.[NaH]. The van der Waals surface area contributed by atoms with Crippen LogP contribution in [-0.2, 0) is 4.74 Å². The van der Waals surface area contributed by atoms with E-state index < -0.39 is 0 Å². The van der Waals surface area contributed by atoms with Crippen molar-refractivity contribution in [3.05, 3.63) is 0 Å². The third kappa shape index (κ3) is 51.6. The van der Waals surface area contributed by atoms with E-state index in [-0.39, 0.29) is 62.6 Å². The molecule has 0 unspecified atom stereocenters. The molecule has 5 N–H and O–H groups in total. The maximum absolute atomic E-state index is 8.50. The predicted octanol–water partition coefficient (Wildman–Crippen LogP) is 1.21. The van der Waals surface area contributed by atoms with Crippen LogP contribution in [0.5, 0.6) is 0 Å². The molecule has 0 atom stereocenters. The van der Waals surface area contributed by atoms with Gasteiger partial charge in [0.2, 0.25) is 0 Å². The number of aliphatic hydroxyl groups excluding tert-OH is 5. The molecule has 0 saturated heterocycles. The van der Waals surface area contributed by atoms with Crippen molar-refractivity contribution in [1.82, 2.24) is 0 Å². The molecule has 0 heterocycles. The summed E-state index contributed by atoms with van der Waals surface area (Å²) >= 11 is 0. The Morgan fingerprint density at radius 2 is 0.840 bits per heavy atom. The predicted molar refractivity (Wildman–Crippen MR) is 105 cm³/mol. The average molecular weight is 379 g/mol. The minimum absolute atomic E-state index is 0. The minimum atomic E-state index is -0.125. The van der Waals surface area contributed by atoms with E-state index in [2.05, 4.69) is 6.92 Å². The van der Waals surface area contributed by atoms with Gasteiger partial charge < -0.3 is 30.3 Å². The van der Waals surface area contributed by atoms with Gasteiger partial charge in [-0.3, -0.25) is 0 Å². The summed E-state index contributed by atoms with van der Waals surface area (Å²) in [6, 6.07) is 0. The number of hydrogen-bond acceptors (Lipinski definition) is 6. The molecule has 0 fully saturated rings. The van der Waals surface area contributed by atoms with Gasteiger partial charge in [-0.05, 0) is 6.42 Å². The topological polar surface area (TPSA) is 110 Å². The zero-order valence-electron chi connectivity index (χ0n) is 15.7. The van der Waals surface area contributed by atoms with Crippen LogP contribution in [0.2, 0.25) is 0 Å². The molecule has 0 aromatic rings. The third-order valence-electron chi connectivity index (χ3n) is 3.08. The van der Waals surface area contributed by atoms with E-state index in [1.807, 2.05) is 0 Å². The first-order valence-electron chi connectivity index (χ1n) is 9.37. The monoisotopic (exact) mass is 378 g/mol. The van der Waals surface area contributed by atoms with Gasteiger partial charge in [0.1, 0.15) is 0 Å². The molecule has 0 amide bonds. The average Bonchev–Trinajstić information content (AvgIpc) is 2.63. The van der Waals surface area contributed by atoms with Crippen LogP contribution in [-0.4, -0.2) is 101 Å². The summed E-state index contributed by atoms with van der Waals surface area (Å²) in [6.45, 7) is 3.23. The summed E-state index contributed by atoms with van der Waals surface area (Å²) in [5.74, 6) is 0. The number of ether oxygens (including phenoxy) is 1. The van der Waals surface area contributed by atoms with E-state index in [0.29, 0.717) is 6.61 Å². The zero-order chi connectivity index (χ0) is 18.7. The molecule has 7 heteroatoms. The molecular formula is C18H43NaO6. The molecule has 0 aromatic carbocycles. The summed E-state index contributed by atoms with van der Waals surface area (Å²) in [7, 11) is 0. The van der Waals surface area contributed by atoms with Gasteiger partial charge in [-0.15, -0.1) is 0 Å². The van der Waals surface area contributed by atoms with Crippen LogP contribution in [0.4, 0.5) is 0 Å². The molecule has 0 rings (SSSR count). The first-order chi connectivity index (χ1) is 11.7. The van der Waals surface area contributed by atoms with E-state index in [0.717, 1.165) is 13.0 Å². The fraction of sp³-hybridized carbons (Fsp3) is 1.00. The number of unbranched alkanes of at least 4 members (excludes halogenated alkanes) is 9. The van der Waals surface area contributed by atoms with Gasteiger partial charge in [-0.25, -0.2) is 0 Å². The molecule has 0 bridgehead atoms. The van der Waals surface area contributed by atoms with Gasteiger partial charge in [0, 0.05) is 6.61 Å². The van der Waals surface area contributed by atoms with E-state index in [4.69, 9.17) is 30.3 Å². The fourth-order valence-electron chi connectivity index (χ4n) is 1.86. The summed E-state index contributed by atoms with van der Waals surface area (Å²) in [4.78, 5) is 0. The standard InChI is InChI=1S/C14H30O2.2C2H6O2.Na.H/c1-2-3-4-5-6-7-8-9-10-11-13-16-14-12-15;2*3-1-2-4;;/h15H,2-14H2,1H3;2*3-4H,1-2H2;;. The molecule has 25 heavy (non-hydrogen) atoms.